The molecule has 2 aromatic rings. The standard InChI is InChI=1S/C15H17N3O/c19-15(10-16-9-11-6-7-11)18-14-5-1-4-13-12(14)3-2-8-17-13/h1-5,8,11,16H,6-7,9-10H2,(H,18,19). The molecule has 1 aromatic heterocycles. The van der Waals surface area contributed by atoms with Crippen LogP contribution in [0.2, 0.25) is 0 Å². The van der Waals surface area contributed by atoms with Crippen molar-refractivity contribution in [3.8, 4) is 0 Å². The van der Waals surface area contributed by atoms with Crippen molar-refractivity contribution >= 4 is 22.5 Å². The molecule has 19 heavy (non-hydrogen) atoms. The van der Waals surface area contributed by atoms with Crippen molar-refractivity contribution in [1.82, 2.24) is 10.3 Å². The smallest absolute Gasteiger partial charge is 0.238 e. The molecule has 0 atom stereocenters. The maximum Gasteiger partial charge on any atom is 0.238 e. The van der Waals surface area contributed by atoms with Crippen LogP contribution in [0.1, 0.15) is 12.8 Å². The highest BCUT2D eigenvalue weighted by molar-refractivity contribution is 6.01. The number of hydrogen-bond donors (Lipinski definition) is 2. The van der Waals surface area contributed by atoms with Gasteiger partial charge in [-0.1, -0.05) is 6.07 Å². The maximum absolute atomic E-state index is 11.9. The Balaban J connectivity index is 1.64. The fourth-order valence-electron chi connectivity index (χ4n) is 2.12. The molecule has 4 nitrogen and oxygen atoms in total. The lowest BCUT2D eigenvalue weighted by molar-refractivity contribution is -0.115. The zero-order valence-corrected chi connectivity index (χ0v) is 10.7. The Morgan fingerprint density at radius 3 is 3.00 bits per heavy atom. The Labute approximate surface area is 112 Å². The summed E-state index contributed by atoms with van der Waals surface area (Å²) >= 11 is 0. The first-order valence-corrected chi connectivity index (χ1v) is 6.67. The molecule has 0 unspecified atom stereocenters. The van der Waals surface area contributed by atoms with E-state index in [9.17, 15) is 4.79 Å². The molecule has 0 radical (unpaired) electrons. The summed E-state index contributed by atoms with van der Waals surface area (Å²) < 4.78 is 0. The molecule has 1 aliphatic rings. The second-order valence-corrected chi connectivity index (χ2v) is 5.00. The number of hydrogen-bond acceptors (Lipinski definition) is 3. The normalized spacial score (nSPS) is 14.5. The second kappa shape index (κ2) is 5.36. The summed E-state index contributed by atoms with van der Waals surface area (Å²) in [7, 11) is 0. The van der Waals surface area contributed by atoms with Gasteiger partial charge in [-0.15, -0.1) is 0 Å². The third-order valence-corrected chi connectivity index (χ3v) is 3.34. The number of carbonyl (C=O) groups excluding carboxylic acids is 1. The average molecular weight is 255 g/mol. The largest absolute Gasteiger partial charge is 0.324 e. The zero-order chi connectivity index (χ0) is 13.1. The van der Waals surface area contributed by atoms with Crippen LogP contribution in [0.5, 0.6) is 0 Å². The Kier molecular flexibility index (Phi) is 3.42. The molecule has 0 aliphatic heterocycles. The fraction of sp³-hybridized carbons (Fsp3) is 0.333. The van der Waals surface area contributed by atoms with Crippen LogP contribution in [-0.2, 0) is 4.79 Å². The number of amides is 1. The van der Waals surface area contributed by atoms with Gasteiger partial charge in [-0.25, -0.2) is 0 Å². The van der Waals surface area contributed by atoms with Gasteiger partial charge >= 0.3 is 0 Å². The molecule has 98 valence electrons. The molecule has 1 heterocycles. The Hall–Kier alpha value is -1.94. The molecule has 0 saturated heterocycles. The van der Waals surface area contributed by atoms with E-state index in [4.69, 9.17) is 0 Å². The molecule has 4 heteroatoms. The van der Waals surface area contributed by atoms with Crippen molar-refractivity contribution < 1.29 is 4.79 Å². The van der Waals surface area contributed by atoms with E-state index in [0.717, 1.165) is 29.1 Å². The lowest BCUT2D eigenvalue weighted by Gasteiger charge is -2.08. The minimum Gasteiger partial charge on any atom is -0.324 e. The van der Waals surface area contributed by atoms with E-state index in [1.165, 1.54) is 12.8 Å². The highest BCUT2D eigenvalue weighted by Gasteiger charge is 2.20. The molecule has 1 saturated carbocycles. The molecule has 2 N–H and O–H groups in total. The fourth-order valence-corrected chi connectivity index (χ4v) is 2.12. The van der Waals surface area contributed by atoms with Gasteiger partial charge in [0.15, 0.2) is 0 Å². The van der Waals surface area contributed by atoms with E-state index in [2.05, 4.69) is 15.6 Å². The first-order valence-electron chi connectivity index (χ1n) is 6.67. The van der Waals surface area contributed by atoms with Crippen LogP contribution < -0.4 is 10.6 Å². The third kappa shape index (κ3) is 3.09. The Morgan fingerprint density at radius 1 is 1.26 bits per heavy atom. The van der Waals surface area contributed by atoms with Crippen molar-refractivity contribution in [3.63, 3.8) is 0 Å². The highest BCUT2D eigenvalue weighted by atomic mass is 16.1. The predicted octanol–water partition coefficient (Wildman–Crippen LogP) is 2.17. The topological polar surface area (TPSA) is 54.0 Å². The molecular weight excluding hydrogens is 238 g/mol. The Bertz CT molecular complexity index is 587. The van der Waals surface area contributed by atoms with E-state index in [-0.39, 0.29) is 5.91 Å². The first-order chi connectivity index (χ1) is 9.33. The van der Waals surface area contributed by atoms with Gasteiger partial charge in [0.1, 0.15) is 0 Å². The van der Waals surface area contributed by atoms with E-state index in [1.54, 1.807) is 6.20 Å². The van der Waals surface area contributed by atoms with Crippen molar-refractivity contribution in [3.05, 3.63) is 36.5 Å². The number of aromatic nitrogens is 1. The van der Waals surface area contributed by atoms with Gasteiger partial charge in [0.25, 0.3) is 0 Å². The number of fused-ring (bicyclic) bond motifs is 1. The van der Waals surface area contributed by atoms with Gasteiger partial charge in [0.2, 0.25) is 5.91 Å². The predicted molar refractivity (Wildman–Crippen MR) is 76.0 cm³/mol. The van der Waals surface area contributed by atoms with Crippen molar-refractivity contribution in [1.29, 1.82) is 0 Å². The molecule has 1 fully saturated rings. The summed E-state index contributed by atoms with van der Waals surface area (Å²) in [6.45, 7) is 1.32. The lowest BCUT2D eigenvalue weighted by atomic mass is 10.2. The molecule has 1 aromatic carbocycles. The van der Waals surface area contributed by atoms with E-state index >= 15 is 0 Å². The van der Waals surface area contributed by atoms with Crippen LogP contribution in [0.15, 0.2) is 36.5 Å². The first kappa shape index (κ1) is 12.1. The molecule has 0 spiro atoms. The van der Waals surface area contributed by atoms with Crippen LogP contribution >= 0.6 is 0 Å². The maximum atomic E-state index is 11.9. The van der Waals surface area contributed by atoms with Gasteiger partial charge in [-0.05, 0) is 49.6 Å². The molecular formula is C15H17N3O. The number of nitrogens with zero attached hydrogens (tertiary/aromatic N) is 1. The summed E-state index contributed by atoms with van der Waals surface area (Å²) in [4.78, 5) is 16.1. The minimum absolute atomic E-state index is 0.00277. The summed E-state index contributed by atoms with van der Waals surface area (Å²) in [6, 6.07) is 9.60. The minimum atomic E-state index is -0.00277. The van der Waals surface area contributed by atoms with E-state index in [0.29, 0.717) is 6.54 Å². The van der Waals surface area contributed by atoms with Crippen molar-refractivity contribution in [2.24, 2.45) is 5.92 Å². The van der Waals surface area contributed by atoms with Crippen molar-refractivity contribution in [2.75, 3.05) is 18.4 Å². The highest BCUT2D eigenvalue weighted by Crippen LogP contribution is 2.27. The van der Waals surface area contributed by atoms with Crippen LogP contribution in [0.3, 0.4) is 0 Å². The van der Waals surface area contributed by atoms with E-state index in [1.807, 2.05) is 30.3 Å². The number of nitrogens with one attached hydrogen (secondary N) is 2. The summed E-state index contributed by atoms with van der Waals surface area (Å²) in [5, 5.41) is 7.10. The molecule has 0 bridgehead atoms. The van der Waals surface area contributed by atoms with Gasteiger partial charge in [-0.3, -0.25) is 9.78 Å². The lowest BCUT2D eigenvalue weighted by Crippen LogP contribution is -2.29. The quantitative estimate of drug-likeness (QED) is 0.861. The number of rotatable bonds is 5. The monoisotopic (exact) mass is 255 g/mol. The zero-order valence-electron chi connectivity index (χ0n) is 10.7. The van der Waals surface area contributed by atoms with Gasteiger partial charge in [-0.2, -0.15) is 0 Å². The van der Waals surface area contributed by atoms with Crippen molar-refractivity contribution in [2.45, 2.75) is 12.8 Å². The molecule has 1 aliphatic carbocycles. The SMILES string of the molecule is O=C(CNCC1CC1)Nc1cccc2ncccc12. The molecule has 3 rings (SSSR count). The number of benzene rings is 1. The number of pyridine rings is 1. The van der Waals surface area contributed by atoms with Gasteiger partial charge in [0, 0.05) is 11.6 Å². The van der Waals surface area contributed by atoms with Gasteiger partial charge < -0.3 is 10.6 Å². The van der Waals surface area contributed by atoms with Gasteiger partial charge in [0.05, 0.1) is 17.7 Å². The summed E-state index contributed by atoms with van der Waals surface area (Å²) in [5.74, 6) is 0.784. The second-order valence-electron chi connectivity index (χ2n) is 5.00. The van der Waals surface area contributed by atoms with Crippen LogP contribution in [0.4, 0.5) is 5.69 Å². The van der Waals surface area contributed by atoms with Crippen LogP contribution in [-0.4, -0.2) is 24.0 Å². The average Bonchev–Trinajstić information content (AvgIpc) is 3.23. The van der Waals surface area contributed by atoms with Crippen LogP contribution in [0, 0.1) is 5.92 Å². The molecule has 1 amide bonds. The third-order valence-electron chi connectivity index (χ3n) is 3.34. The summed E-state index contributed by atoms with van der Waals surface area (Å²) in [6.07, 6.45) is 4.35. The Morgan fingerprint density at radius 2 is 2.16 bits per heavy atom. The number of carbonyl (C=O) groups is 1. The van der Waals surface area contributed by atoms with Crippen LogP contribution in [0.25, 0.3) is 10.9 Å². The van der Waals surface area contributed by atoms with E-state index < -0.39 is 0 Å². The number of anilines is 1. The summed E-state index contributed by atoms with van der Waals surface area (Å²) in [5.41, 5.74) is 1.72.